The van der Waals surface area contributed by atoms with Gasteiger partial charge in [-0.05, 0) is 29.5 Å². The number of esters is 1. The molecule has 0 amide bonds. The van der Waals surface area contributed by atoms with Gasteiger partial charge in [0.25, 0.3) is 0 Å². The number of allylic oxidation sites excluding steroid dienone is 1. The molecule has 1 atom stereocenters. The van der Waals surface area contributed by atoms with Crippen LogP contribution < -0.4 is 0 Å². The van der Waals surface area contributed by atoms with Gasteiger partial charge in [-0.2, -0.15) is 0 Å². The number of hydrogen-bond acceptors (Lipinski definition) is 8. The zero-order valence-corrected chi connectivity index (χ0v) is 13.6. The van der Waals surface area contributed by atoms with E-state index >= 15 is 0 Å². The molecular weight excluding hydrogens is 320 g/mol. The molecule has 0 fully saturated rings. The Kier molecular flexibility index (Phi) is 4.65. The maximum absolute atomic E-state index is 11.6. The summed E-state index contributed by atoms with van der Waals surface area (Å²) in [5.41, 5.74) is 0.591. The highest BCUT2D eigenvalue weighted by Gasteiger charge is 2.29. The van der Waals surface area contributed by atoms with Crippen molar-refractivity contribution in [2.75, 3.05) is 12.9 Å². The molecule has 0 spiro atoms. The summed E-state index contributed by atoms with van der Waals surface area (Å²) in [5, 5.41) is 12.3. The van der Waals surface area contributed by atoms with E-state index in [1.54, 1.807) is 17.9 Å². The molecule has 0 aromatic carbocycles. The van der Waals surface area contributed by atoms with Gasteiger partial charge in [0.1, 0.15) is 24.2 Å². The molecule has 0 N–H and O–H groups in total. The highest BCUT2D eigenvalue weighted by Crippen LogP contribution is 2.29. The van der Waals surface area contributed by atoms with Crippen molar-refractivity contribution in [2.45, 2.75) is 31.1 Å². The predicted molar refractivity (Wildman–Crippen MR) is 80.6 cm³/mol. The molecule has 0 saturated heterocycles. The van der Waals surface area contributed by atoms with E-state index in [9.17, 15) is 4.79 Å². The molecule has 3 rings (SSSR count). The SMILES string of the molecule is COC(=O)C1=C(C)O[C@H](CSc2nnnn2Cc2ccco2)C1. The van der Waals surface area contributed by atoms with Gasteiger partial charge in [-0.3, -0.25) is 0 Å². The topological polar surface area (TPSA) is 92.3 Å². The minimum Gasteiger partial charge on any atom is -0.493 e. The van der Waals surface area contributed by atoms with Crippen LogP contribution in [0.4, 0.5) is 0 Å². The summed E-state index contributed by atoms with van der Waals surface area (Å²) in [6.45, 7) is 2.25. The van der Waals surface area contributed by atoms with Gasteiger partial charge in [-0.1, -0.05) is 11.8 Å². The first-order valence-corrected chi connectivity index (χ1v) is 8.02. The van der Waals surface area contributed by atoms with Crippen molar-refractivity contribution in [3.63, 3.8) is 0 Å². The summed E-state index contributed by atoms with van der Waals surface area (Å²) in [6.07, 6.45) is 2.05. The Hall–Kier alpha value is -2.29. The van der Waals surface area contributed by atoms with E-state index in [-0.39, 0.29) is 12.1 Å². The Morgan fingerprint density at radius 1 is 1.57 bits per heavy atom. The zero-order chi connectivity index (χ0) is 16.2. The summed E-state index contributed by atoms with van der Waals surface area (Å²) in [7, 11) is 1.37. The summed E-state index contributed by atoms with van der Waals surface area (Å²) in [4.78, 5) is 11.6. The van der Waals surface area contributed by atoms with Gasteiger partial charge in [0.2, 0.25) is 5.16 Å². The van der Waals surface area contributed by atoms with E-state index in [1.165, 1.54) is 18.9 Å². The van der Waals surface area contributed by atoms with Crippen LogP contribution in [0.5, 0.6) is 0 Å². The predicted octanol–water partition coefficient (Wildman–Crippen LogP) is 1.64. The fourth-order valence-corrected chi connectivity index (χ4v) is 3.16. The van der Waals surface area contributed by atoms with E-state index in [2.05, 4.69) is 15.5 Å². The number of tetrazole rings is 1. The number of furan rings is 1. The molecule has 3 heterocycles. The minimum absolute atomic E-state index is 0.0946. The molecule has 0 saturated carbocycles. The largest absolute Gasteiger partial charge is 0.493 e. The third-order valence-corrected chi connectivity index (χ3v) is 4.50. The van der Waals surface area contributed by atoms with Gasteiger partial charge < -0.3 is 13.9 Å². The van der Waals surface area contributed by atoms with Crippen LogP contribution in [-0.2, 0) is 20.8 Å². The molecule has 0 bridgehead atoms. The molecule has 0 unspecified atom stereocenters. The number of carbonyl (C=O) groups is 1. The molecule has 23 heavy (non-hydrogen) atoms. The fourth-order valence-electron chi connectivity index (χ4n) is 2.29. The lowest BCUT2D eigenvalue weighted by Gasteiger charge is -2.10. The van der Waals surface area contributed by atoms with Crippen LogP contribution in [0.15, 0.2) is 39.3 Å². The maximum atomic E-state index is 11.6. The highest BCUT2D eigenvalue weighted by molar-refractivity contribution is 7.99. The first kappa shape index (κ1) is 15.6. The number of ether oxygens (including phenoxy) is 2. The van der Waals surface area contributed by atoms with Crippen LogP contribution in [-0.4, -0.2) is 45.1 Å². The summed E-state index contributed by atoms with van der Waals surface area (Å²) < 4.78 is 17.4. The van der Waals surface area contributed by atoms with Crippen molar-refractivity contribution in [1.82, 2.24) is 20.2 Å². The van der Waals surface area contributed by atoms with Crippen molar-refractivity contribution < 1.29 is 18.7 Å². The number of hydrogen-bond donors (Lipinski definition) is 0. The molecule has 2 aromatic heterocycles. The fraction of sp³-hybridized carbons (Fsp3) is 0.429. The Morgan fingerprint density at radius 3 is 3.17 bits per heavy atom. The van der Waals surface area contributed by atoms with Gasteiger partial charge in [0.05, 0.1) is 18.9 Å². The van der Waals surface area contributed by atoms with Crippen LogP contribution in [0.25, 0.3) is 0 Å². The van der Waals surface area contributed by atoms with Crippen LogP contribution in [0.1, 0.15) is 19.1 Å². The van der Waals surface area contributed by atoms with Crippen LogP contribution in [0.2, 0.25) is 0 Å². The smallest absolute Gasteiger partial charge is 0.337 e. The number of carbonyl (C=O) groups excluding carboxylic acids is 1. The number of thioether (sulfide) groups is 1. The maximum Gasteiger partial charge on any atom is 0.337 e. The Bertz CT molecular complexity index is 710. The van der Waals surface area contributed by atoms with E-state index < -0.39 is 0 Å². The van der Waals surface area contributed by atoms with Gasteiger partial charge in [0, 0.05) is 12.2 Å². The quantitative estimate of drug-likeness (QED) is 0.581. The third-order valence-electron chi connectivity index (χ3n) is 3.42. The molecule has 0 aliphatic carbocycles. The molecule has 0 radical (unpaired) electrons. The van der Waals surface area contributed by atoms with Crippen molar-refractivity contribution in [3.05, 3.63) is 35.5 Å². The monoisotopic (exact) mass is 336 g/mol. The molecule has 1 aliphatic rings. The Balaban J connectivity index is 1.56. The Labute approximate surface area is 136 Å². The zero-order valence-electron chi connectivity index (χ0n) is 12.8. The lowest BCUT2D eigenvalue weighted by Crippen LogP contribution is -2.12. The van der Waals surface area contributed by atoms with E-state index in [4.69, 9.17) is 13.9 Å². The molecule has 122 valence electrons. The lowest BCUT2D eigenvalue weighted by molar-refractivity contribution is -0.136. The number of aromatic nitrogens is 4. The van der Waals surface area contributed by atoms with Crippen LogP contribution in [0.3, 0.4) is 0 Å². The van der Waals surface area contributed by atoms with Crippen molar-refractivity contribution in [3.8, 4) is 0 Å². The van der Waals surface area contributed by atoms with E-state index in [0.717, 1.165) is 5.76 Å². The van der Waals surface area contributed by atoms with Crippen molar-refractivity contribution >= 4 is 17.7 Å². The van der Waals surface area contributed by atoms with Gasteiger partial charge in [0.15, 0.2) is 0 Å². The first-order valence-electron chi connectivity index (χ1n) is 7.03. The van der Waals surface area contributed by atoms with Gasteiger partial charge in [-0.15, -0.1) is 5.10 Å². The normalized spacial score (nSPS) is 17.4. The molecular formula is C14H16N4O4S. The first-order chi connectivity index (χ1) is 11.2. The number of methoxy groups -OCH3 is 1. The second-order valence-corrected chi connectivity index (χ2v) is 5.97. The van der Waals surface area contributed by atoms with Gasteiger partial charge in [-0.25, -0.2) is 9.48 Å². The van der Waals surface area contributed by atoms with Gasteiger partial charge >= 0.3 is 5.97 Å². The molecule has 9 heteroatoms. The summed E-state index contributed by atoms with van der Waals surface area (Å²) in [5.74, 6) is 1.70. The van der Waals surface area contributed by atoms with Crippen LogP contribution in [0, 0.1) is 0 Å². The number of rotatable bonds is 6. The lowest BCUT2D eigenvalue weighted by atomic mass is 10.1. The second kappa shape index (κ2) is 6.86. The Morgan fingerprint density at radius 2 is 2.43 bits per heavy atom. The molecule has 8 nitrogen and oxygen atoms in total. The van der Waals surface area contributed by atoms with Crippen molar-refractivity contribution in [2.24, 2.45) is 0 Å². The second-order valence-electron chi connectivity index (χ2n) is 4.98. The third kappa shape index (κ3) is 3.55. The number of nitrogens with zero attached hydrogens (tertiary/aromatic N) is 4. The van der Waals surface area contributed by atoms with Crippen LogP contribution >= 0.6 is 11.8 Å². The molecule has 2 aromatic rings. The standard InChI is InChI=1S/C14H16N4O4S/c1-9-12(13(19)20-2)6-11(22-9)8-23-14-15-16-17-18(14)7-10-4-3-5-21-10/h3-5,11H,6-8H2,1-2H3/t11-/m0/s1. The van der Waals surface area contributed by atoms with E-state index in [0.29, 0.717) is 35.2 Å². The average Bonchev–Trinajstić information content (AvgIpc) is 3.27. The average molecular weight is 336 g/mol. The van der Waals surface area contributed by atoms with E-state index in [1.807, 2.05) is 12.1 Å². The highest BCUT2D eigenvalue weighted by atomic mass is 32.2. The van der Waals surface area contributed by atoms with Crippen molar-refractivity contribution in [1.29, 1.82) is 0 Å². The summed E-state index contributed by atoms with van der Waals surface area (Å²) in [6, 6.07) is 3.69. The summed E-state index contributed by atoms with van der Waals surface area (Å²) >= 11 is 1.48. The molecule has 1 aliphatic heterocycles. The minimum atomic E-state index is -0.336.